The molecule has 6 nitrogen and oxygen atoms in total. The number of aromatic amines is 1. The molecule has 3 fully saturated rings. The molecule has 3 aromatic heterocycles. The Labute approximate surface area is 206 Å². The van der Waals surface area contributed by atoms with Gasteiger partial charge >= 0.3 is 0 Å². The zero-order valence-corrected chi connectivity index (χ0v) is 20.5. The van der Waals surface area contributed by atoms with Crippen LogP contribution < -0.4 is 10.6 Å². The molecule has 34 heavy (non-hydrogen) atoms. The number of fused-ring (bicyclic) bond motifs is 1. The first-order valence-electron chi connectivity index (χ1n) is 13.1. The molecule has 2 aliphatic carbocycles. The summed E-state index contributed by atoms with van der Waals surface area (Å²) in [6.07, 6.45) is 15.7. The highest BCUT2D eigenvalue weighted by Crippen LogP contribution is 2.32. The van der Waals surface area contributed by atoms with Gasteiger partial charge in [0.1, 0.15) is 16.6 Å². The molecular weight excluding hydrogens is 444 g/mol. The van der Waals surface area contributed by atoms with Crippen LogP contribution in [0, 0.1) is 0 Å². The quantitative estimate of drug-likeness (QED) is 0.402. The maximum atomic E-state index is 6.43. The van der Waals surface area contributed by atoms with E-state index in [0.717, 1.165) is 58.9 Å². The number of piperidine rings is 1. The number of H-pyrrole nitrogens is 1. The maximum Gasteiger partial charge on any atom is 0.137 e. The predicted molar refractivity (Wildman–Crippen MR) is 139 cm³/mol. The lowest BCUT2D eigenvalue weighted by atomic mass is 9.86. The van der Waals surface area contributed by atoms with Crippen LogP contribution in [-0.2, 0) is 0 Å². The van der Waals surface area contributed by atoms with Crippen LogP contribution in [0.3, 0.4) is 0 Å². The van der Waals surface area contributed by atoms with Gasteiger partial charge in [-0.1, -0.05) is 18.0 Å². The lowest BCUT2D eigenvalue weighted by Crippen LogP contribution is -2.49. The van der Waals surface area contributed by atoms with E-state index < -0.39 is 0 Å². The fourth-order valence-electron chi connectivity index (χ4n) is 6.06. The maximum absolute atomic E-state index is 6.43. The Morgan fingerprint density at radius 2 is 1.74 bits per heavy atom. The summed E-state index contributed by atoms with van der Waals surface area (Å²) in [5.41, 5.74) is 3.05. The van der Waals surface area contributed by atoms with E-state index in [0.29, 0.717) is 11.2 Å². The summed E-state index contributed by atoms with van der Waals surface area (Å²) in [6.45, 7) is 2.34. The number of hydrogen-bond donors (Lipinski definition) is 3. The molecule has 0 atom stereocenters. The Morgan fingerprint density at radius 1 is 0.941 bits per heavy atom. The zero-order chi connectivity index (χ0) is 22.9. The average Bonchev–Trinajstić information content (AvgIpc) is 3.26. The van der Waals surface area contributed by atoms with Gasteiger partial charge in [-0.15, -0.1) is 0 Å². The van der Waals surface area contributed by atoms with Gasteiger partial charge in [0.05, 0.1) is 0 Å². The van der Waals surface area contributed by atoms with Gasteiger partial charge in [0.2, 0.25) is 0 Å². The second-order valence-electron chi connectivity index (χ2n) is 10.4. The van der Waals surface area contributed by atoms with E-state index >= 15 is 0 Å². The van der Waals surface area contributed by atoms with E-state index in [1.165, 1.54) is 58.0 Å². The Balaban J connectivity index is 1.04. The van der Waals surface area contributed by atoms with Crippen molar-refractivity contribution < 1.29 is 0 Å². The van der Waals surface area contributed by atoms with Gasteiger partial charge in [0.15, 0.2) is 0 Å². The fourth-order valence-corrected chi connectivity index (χ4v) is 6.26. The fraction of sp³-hybridized carbons (Fsp3) is 0.556. The monoisotopic (exact) mass is 478 g/mol. The second-order valence-corrected chi connectivity index (χ2v) is 10.8. The third-order valence-electron chi connectivity index (χ3n) is 8.23. The van der Waals surface area contributed by atoms with Crippen LogP contribution in [0.25, 0.3) is 22.2 Å². The van der Waals surface area contributed by atoms with Gasteiger partial charge in [-0.2, -0.15) is 0 Å². The summed E-state index contributed by atoms with van der Waals surface area (Å²) in [6, 6.07) is 10.9. The van der Waals surface area contributed by atoms with Crippen LogP contribution in [0.4, 0.5) is 5.82 Å². The van der Waals surface area contributed by atoms with Crippen molar-refractivity contribution in [2.75, 3.05) is 18.4 Å². The Kier molecular flexibility index (Phi) is 6.46. The van der Waals surface area contributed by atoms with Crippen LogP contribution in [0.15, 0.2) is 36.7 Å². The summed E-state index contributed by atoms with van der Waals surface area (Å²) in [5, 5.41) is 9.18. The summed E-state index contributed by atoms with van der Waals surface area (Å²) in [5.74, 6) is 0.863. The van der Waals surface area contributed by atoms with Gasteiger partial charge in [-0.05, 0) is 81.2 Å². The SMILES string of the molecule is Clc1cc(-c2c[nH]c3ncccc23)cc(NC2CCN(C3CCC(NC4CCC4)CC3)CC2)n1. The Morgan fingerprint density at radius 3 is 2.50 bits per heavy atom. The van der Waals surface area contributed by atoms with Crippen molar-refractivity contribution in [2.24, 2.45) is 0 Å². The molecule has 3 aromatic rings. The van der Waals surface area contributed by atoms with E-state index in [9.17, 15) is 0 Å². The molecule has 6 rings (SSSR count). The average molecular weight is 479 g/mol. The number of hydrogen-bond acceptors (Lipinski definition) is 5. The first kappa shape index (κ1) is 22.3. The highest BCUT2D eigenvalue weighted by molar-refractivity contribution is 6.29. The summed E-state index contributed by atoms with van der Waals surface area (Å²) < 4.78 is 0. The molecule has 0 unspecified atom stereocenters. The summed E-state index contributed by atoms with van der Waals surface area (Å²) in [4.78, 5) is 15.0. The normalized spacial score (nSPS) is 24.9. The molecule has 0 aromatic carbocycles. The molecule has 4 heterocycles. The molecule has 1 aliphatic heterocycles. The number of halogens is 1. The van der Waals surface area contributed by atoms with Crippen LogP contribution in [0.2, 0.25) is 5.15 Å². The van der Waals surface area contributed by atoms with Gasteiger partial charge in [-0.3, -0.25) is 0 Å². The number of likely N-dealkylation sites (tertiary alicyclic amines) is 1. The van der Waals surface area contributed by atoms with Crippen LogP contribution in [0.5, 0.6) is 0 Å². The number of rotatable bonds is 6. The molecule has 2 saturated carbocycles. The first-order valence-corrected chi connectivity index (χ1v) is 13.5. The topological polar surface area (TPSA) is 68.9 Å². The lowest BCUT2D eigenvalue weighted by molar-refractivity contribution is 0.112. The van der Waals surface area contributed by atoms with Gasteiger partial charge in [0.25, 0.3) is 0 Å². The van der Waals surface area contributed by atoms with E-state index in [1.54, 1.807) is 6.20 Å². The molecule has 0 amide bonds. The van der Waals surface area contributed by atoms with Crippen molar-refractivity contribution >= 4 is 28.5 Å². The van der Waals surface area contributed by atoms with E-state index in [2.05, 4.69) is 42.6 Å². The van der Waals surface area contributed by atoms with Crippen molar-refractivity contribution in [2.45, 2.75) is 82.0 Å². The minimum absolute atomic E-state index is 0.441. The highest BCUT2D eigenvalue weighted by Gasteiger charge is 2.30. The molecule has 0 radical (unpaired) electrons. The van der Waals surface area contributed by atoms with E-state index in [1.807, 2.05) is 18.3 Å². The van der Waals surface area contributed by atoms with Crippen molar-refractivity contribution in [3.63, 3.8) is 0 Å². The van der Waals surface area contributed by atoms with Crippen LogP contribution in [0.1, 0.15) is 57.8 Å². The number of pyridine rings is 2. The van der Waals surface area contributed by atoms with Crippen molar-refractivity contribution in [3.05, 3.63) is 41.8 Å². The highest BCUT2D eigenvalue weighted by atomic mass is 35.5. The van der Waals surface area contributed by atoms with Crippen molar-refractivity contribution in [1.82, 2.24) is 25.2 Å². The molecule has 1 saturated heterocycles. The minimum atomic E-state index is 0.441. The molecule has 3 N–H and O–H groups in total. The van der Waals surface area contributed by atoms with Gasteiger partial charge in [0, 0.05) is 60.6 Å². The van der Waals surface area contributed by atoms with Gasteiger partial charge < -0.3 is 20.5 Å². The zero-order valence-electron chi connectivity index (χ0n) is 19.8. The lowest BCUT2D eigenvalue weighted by Gasteiger charge is -2.42. The first-order chi connectivity index (χ1) is 16.7. The Bertz CT molecular complexity index is 1110. The Hall–Kier alpha value is -2.15. The number of nitrogens with zero attached hydrogens (tertiary/aromatic N) is 3. The van der Waals surface area contributed by atoms with Crippen molar-refractivity contribution in [1.29, 1.82) is 0 Å². The molecule has 7 heteroatoms. The number of aromatic nitrogens is 3. The van der Waals surface area contributed by atoms with Crippen LogP contribution in [-0.4, -0.2) is 57.1 Å². The van der Waals surface area contributed by atoms with Gasteiger partial charge in [-0.25, -0.2) is 9.97 Å². The third kappa shape index (κ3) is 4.81. The summed E-state index contributed by atoms with van der Waals surface area (Å²) in [7, 11) is 0. The minimum Gasteiger partial charge on any atom is -0.367 e. The number of nitrogens with one attached hydrogen (secondary N) is 3. The summed E-state index contributed by atoms with van der Waals surface area (Å²) >= 11 is 6.43. The molecule has 0 bridgehead atoms. The molecule has 3 aliphatic rings. The smallest absolute Gasteiger partial charge is 0.137 e. The van der Waals surface area contributed by atoms with Crippen LogP contribution >= 0.6 is 11.6 Å². The largest absolute Gasteiger partial charge is 0.367 e. The molecular formula is C27H35ClN6. The number of anilines is 1. The van der Waals surface area contributed by atoms with E-state index in [-0.39, 0.29) is 0 Å². The molecule has 180 valence electrons. The third-order valence-corrected chi connectivity index (χ3v) is 8.42. The second kappa shape index (κ2) is 9.84. The standard InChI is InChI=1S/C27H35ClN6/c28-25-15-18(24-17-30-27-23(24)5-2-12-29-27)16-26(33-25)32-21-10-13-34(14-11-21)22-8-6-20(7-9-22)31-19-3-1-4-19/h2,5,12,15-17,19-22,31H,1,3-4,6-11,13-14H2,(H,29,30)(H,32,33). The molecule has 0 spiro atoms. The van der Waals surface area contributed by atoms with E-state index in [4.69, 9.17) is 11.6 Å². The predicted octanol–water partition coefficient (Wildman–Crippen LogP) is 5.61. The van der Waals surface area contributed by atoms with Crippen molar-refractivity contribution in [3.8, 4) is 11.1 Å².